The van der Waals surface area contributed by atoms with Gasteiger partial charge < -0.3 is 14.4 Å². The van der Waals surface area contributed by atoms with E-state index in [0.29, 0.717) is 24.0 Å². The fraction of sp³-hybridized carbons (Fsp3) is 0.391. The second-order valence-electron chi connectivity index (χ2n) is 6.73. The molecule has 0 aliphatic rings. The van der Waals surface area contributed by atoms with Gasteiger partial charge in [0, 0.05) is 13.1 Å². The largest absolute Gasteiger partial charge is 0.494 e. The second kappa shape index (κ2) is 12.5. The Morgan fingerprint density at radius 3 is 2.39 bits per heavy atom. The van der Waals surface area contributed by atoms with E-state index < -0.39 is 0 Å². The Morgan fingerprint density at radius 2 is 1.71 bits per heavy atom. The quantitative estimate of drug-likeness (QED) is 0.406. The molecule has 0 saturated carbocycles. The SMILES string of the molecule is CCOc1ccc2nc(N(CCN(CC)CC)C(=O)COc3ccccc3)sc2c1.Cl. The summed E-state index contributed by atoms with van der Waals surface area (Å²) in [5.41, 5.74) is 0.864. The molecule has 6 nitrogen and oxygen atoms in total. The average molecular weight is 464 g/mol. The van der Waals surface area contributed by atoms with Crippen molar-refractivity contribution in [1.82, 2.24) is 9.88 Å². The van der Waals surface area contributed by atoms with Crippen molar-refractivity contribution >= 4 is 45.0 Å². The number of nitrogens with zero attached hydrogens (tertiary/aromatic N) is 3. The van der Waals surface area contributed by atoms with Gasteiger partial charge in [0.05, 0.1) is 16.8 Å². The summed E-state index contributed by atoms with van der Waals surface area (Å²) in [6, 6.07) is 15.2. The van der Waals surface area contributed by atoms with Gasteiger partial charge in [-0.05, 0) is 50.3 Å². The van der Waals surface area contributed by atoms with Gasteiger partial charge in [-0.15, -0.1) is 12.4 Å². The number of aromatic nitrogens is 1. The predicted molar refractivity (Wildman–Crippen MR) is 130 cm³/mol. The van der Waals surface area contributed by atoms with Gasteiger partial charge in [-0.3, -0.25) is 9.69 Å². The summed E-state index contributed by atoms with van der Waals surface area (Å²) >= 11 is 1.50. The number of ether oxygens (including phenoxy) is 2. The van der Waals surface area contributed by atoms with E-state index in [4.69, 9.17) is 14.5 Å². The van der Waals surface area contributed by atoms with E-state index in [-0.39, 0.29) is 24.9 Å². The number of rotatable bonds is 11. The van der Waals surface area contributed by atoms with Crippen LogP contribution in [0.5, 0.6) is 11.5 Å². The molecule has 0 atom stereocenters. The van der Waals surface area contributed by atoms with Gasteiger partial charge >= 0.3 is 0 Å². The number of hydrogen-bond acceptors (Lipinski definition) is 6. The molecule has 1 amide bonds. The van der Waals surface area contributed by atoms with Crippen LogP contribution in [0.25, 0.3) is 10.2 Å². The van der Waals surface area contributed by atoms with E-state index in [1.165, 1.54) is 11.3 Å². The number of amides is 1. The van der Waals surface area contributed by atoms with Crippen LogP contribution in [0.4, 0.5) is 5.13 Å². The van der Waals surface area contributed by atoms with Gasteiger partial charge in [0.15, 0.2) is 11.7 Å². The van der Waals surface area contributed by atoms with Crippen LogP contribution in [0, 0.1) is 0 Å². The molecule has 1 heterocycles. The predicted octanol–water partition coefficient (Wildman–Crippen LogP) is 4.87. The summed E-state index contributed by atoms with van der Waals surface area (Å²) in [7, 11) is 0. The first-order chi connectivity index (χ1) is 14.6. The number of para-hydroxylation sites is 1. The van der Waals surface area contributed by atoms with Crippen molar-refractivity contribution in [2.75, 3.05) is 44.3 Å². The van der Waals surface area contributed by atoms with Crippen molar-refractivity contribution in [3.8, 4) is 11.5 Å². The van der Waals surface area contributed by atoms with E-state index in [2.05, 4.69) is 18.7 Å². The third kappa shape index (κ3) is 6.82. The molecule has 0 aliphatic carbocycles. The molecular formula is C23H30ClN3O3S. The number of thiazole rings is 1. The lowest BCUT2D eigenvalue weighted by molar-refractivity contribution is -0.120. The van der Waals surface area contributed by atoms with Crippen molar-refractivity contribution < 1.29 is 14.3 Å². The Hall–Kier alpha value is -2.35. The Balaban J connectivity index is 0.00000341. The smallest absolute Gasteiger partial charge is 0.266 e. The van der Waals surface area contributed by atoms with Crippen LogP contribution in [-0.4, -0.2) is 55.2 Å². The summed E-state index contributed by atoms with van der Waals surface area (Å²) in [4.78, 5) is 21.8. The summed E-state index contributed by atoms with van der Waals surface area (Å²) in [6.07, 6.45) is 0. The van der Waals surface area contributed by atoms with Gasteiger partial charge in [-0.25, -0.2) is 4.98 Å². The van der Waals surface area contributed by atoms with E-state index in [1.54, 1.807) is 4.90 Å². The molecule has 8 heteroatoms. The van der Waals surface area contributed by atoms with Crippen LogP contribution in [0.15, 0.2) is 48.5 Å². The van der Waals surface area contributed by atoms with Crippen molar-refractivity contribution in [1.29, 1.82) is 0 Å². The Kier molecular flexibility index (Phi) is 10.0. The highest BCUT2D eigenvalue weighted by Crippen LogP contribution is 2.31. The zero-order valence-electron chi connectivity index (χ0n) is 18.2. The molecule has 3 rings (SSSR count). The highest BCUT2D eigenvalue weighted by molar-refractivity contribution is 7.22. The van der Waals surface area contributed by atoms with Crippen molar-refractivity contribution in [3.05, 3.63) is 48.5 Å². The maximum absolute atomic E-state index is 13.1. The zero-order chi connectivity index (χ0) is 21.3. The molecule has 0 unspecified atom stereocenters. The maximum Gasteiger partial charge on any atom is 0.266 e. The van der Waals surface area contributed by atoms with Gasteiger partial charge in [-0.2, -0.15) is 0 Å². The molecule has 168 valence electrons. The van der Waals surface area contributed by atoms with Gasteiger partial charge in [0.25, 0.3) is 5.91 Å². The molecule has 1 aromatic heterocycles. The van der Waals surface area contributed by atoms with Gasteiger partial charge in [-0.1, -0.05) is 43.4 Å². The summed E-state index contributed by atoms with van der Waals surface area (Å²) in [5, 5.41) is 0.687. The van der Waals surface area contributed by atoms with E-state index in [0.717, 1.165) is 35.6 Å². The Bertz CT molecular complexity index is 948. The molecule has 0 saturated heterocycles. The van der Waals surface area contributed by atoms with Crippen LogP contribution < -0.4 is 14.4 Å². The van der Waals surface area contributed by atoms with Gasteiger partial charge in [0.2, 0.25) is 0 Å². The number of benzene rings is 2. The number of carbonyl (C=O) groups excluding carboxylic acids is 1. The number of anilines is 1. The van der Waals surface area contributed by atoms with Gasteiger partial charge in [0.1, 0.15) is 11.5 Å². The third-order valence-electron chi connectivity index (χ3n) is 4.83. The van der Waals surface area contributed by atoms with Crippen molar-refractivity contribution in [2.24, 2.45) is 0 Å². The Morgan fingerprint density at radius 1 is 0.968 bits per heavy atom. The standard InChI is InChI=1S/C23H29N3O3S.ClH/c1-4-25(5-2)14-15-26(22(27)17-29-18-10-8-7-9-11-18)23-24-20-13-12-19(28-6-3)16-21(20)30-23;/h7-13,16H,4-6,14-15,17H2,1-3H3;1H. The first kappa shape index (κ1) is 24.9. The van der Waals surface area contributed by atoms with Crippen LogP contribution in [0.2, 0.25) is 0 Å². The molecular weight excluding hydrogens is 434 g/mol. The molecule has 0 bridgehead atoms. The third-order valence-corrected chi connectivity index (χ3v) is 5.87. The van der Waals surface area contributed by atoms with E-state index >= 15 is 0 Å². The lowest BCUT2D eigenvalue weighted by Gasteiger charge is -2.24. The second-order valence-corrected chi connectivity index (χ2v) is 7.74. The summed E-state index contributed by atoms with van der Waals surface area (Å²) < 4.78 is 12.3. The van der Waals surface area contributed by atoms with Crippen LogP contribution in [0.1, 0.15) is 20.8 Å². The molecule has 2 aromatic carbocycles. The minimum Gasteiger partial charge on any atom is -0.494 e. The monoisotopic (exact) mass is 463 g/mol. The maximum atomic E-state index is 13.1. The molecule has 3 aromatic rings. The first-order valence-electron chi connectivity index (χ1n) is 10.4. The molecule has 31 heavy (non-hydrogen) atoms. The fourth-order valence-electron chi connectivity index (χ4n) is 3.11. The molecule has 0 N–H and O–H groups in total. The highest BCUT2D eigenvalue weighted by Gasteiger charge is 2.21. The lowest BCUT2D eigenvalue weighted by Crippen LogP contribution is -2.41. The molecule has 0 aliphatic heterocycles. The fourth-order valence-corrected chi connectivity index (χ4v) is 4.15. The van der Waals surface area contributed by atoms with E-state index in [1.807, 2.05) is 55.5 Å². The van der Waals surface area contributed by atoms with Crippen LogP contribution >= 0.6 is 23.7 Å². The number of fused-ring (bicyclic) bond motifs is 1. The lowest BCUT2D eigenvalue weighted by atomic mass is 10.3. The van der Waals surface area contributed by atoms with E-state index in [9.17, 15) is 4.79 Å². The minimum atomic E-state index is -0.102. The molecule has 0 radical (unpaired) electrons. The van der Waals surface area contributed by atoms with Crippen molar-refractivity contribution in [2.45, 2.75) is 20.8 Å². The highest BCUT2D eigenvalue weighted by atomic mass is 35.5. The topological polar surface area (TPSA) is 54.9 Å². The average Bonchev–Trinajstić information content (AvgIpc) is 3.19. The number of halogens is 1. The number of hydrogen-bond donors (Lipinski definition) is 0. The zero-order valence-corrected chi connectivity index (χ0v) is 19.9. The summed E-state index contributed by atoms with van der Waals surface area (Å²) in [5.74, 6) is 1.39. The normalized spacial score (nSPS) is 10.7. The molecule has 0 fully saturated rings. The number of likely N-dealkylation sites (N-methyl/N-ethyl adjacent to an activating group) is 1. The minimum absolute atomic E-state index is 0. The number of carbonyl (C=O) groups is 1. The van der Waals surface area contributed by atoms with Crippen LogP contribution in [-0.2, 0) is 4.79 Å². The Labute approximate surface area is 194 Å². The summed E-state index contributed by atoms with van der Waals surface area (Å²) in [6.45, 7) is 10.0. The van der Waals surface area contributed by atoms with Crippen LogP contribution in [0.3, 0.4) is 0 Å². The first-order valence-corrected chi connectivity index (χ1v) is 11.2. The molecule has 0 spiro atoms. The van der Waals surface area contributed by atoms with Crippen molar-refractivity contribution in [3.63, 3.8) is 0 Å².